The molecule has 120 valence electrons. The Bertz CT molecular complexity index is 915. The number of thiazole rings is 1. The number of aryl methyl sites for hydroxylation is 1. The number of aromatic nitrogens is 1. The summed E-state index contributed by atoms with van der Waals surface area (Å²) in [6, 6.07) is 14.8. The summed E-state index contributed by atoms with van der Waals surface area (Å²) in [5, 5.41) is 3.29. The largest absolute Gasteiger partial charge is 0.298 e. The highest BCUT2D eigenvalue weighted by Crippen LogP contribution is 2.31. The lowest BCUT2D eigenvalue weighted by Gasteiger charge is -2.06. The van der Waals surface area contributed by atoms with E-state index in [1.807, 2.05) is 31.2 Å². The second kappa shape index (κ2) is 6.76. The van der Waals surface area contributed by atoms with Crippen molar-refractivity contribution in [1.29, 1.82) is 0 Å². The van der Waals surface area contributed by atoms with Gasteiger partial charge in [0.15, 0.2) is 10.9 Å². The van der Waals surface area contributed by atoms with Crippen molar-refractivity contribution in [3.05, 3.63) is 71.4 Å². The Kier molecular flexibility index (Phi) is 4.53. The molecule has 4 nitrogen and oxygen atoms in total. The van der Waals surface area contributed by atoms with E-state index in [1.165, 1.54) is 18.3 Å². The van der Waals surface area contributed by atoms with Crippen molar-refractivity contribution in [3.63, 3.8) is 0 Å². The van der Waals surface area contributed by atoms with E-state index in [0.29, 0.717) is 16.3 Å². The van der Waals surface area contributed by atoms with E-state index >= 15 is 0 Å². The van der Waals surface area contributed by atoms with Crippen molar-refractivity contribution >= 4 is 28.2 Å². The van der Waals surface area contributed by atoms with Gasteiger partial charge in [-0.1, -0.05) is 53.8 Å². The molecule has 5 heteroatoms. The average molecular weight is 336 g/mol. The summed E-state index contributed by atoms with van der Waals surface area (Å²) in [6.07, 6.45) is 1.75. The maximum absolute atomic E-state index is 12.5. The molecule has 1 heterocycles. The van der Waals surface area contributed by atoms with E-state index in [4.69, 9.17) is 0 Å². The zero-order chi connectivity index (χ0) is 17.1. The lowest BCUT2D eigenvalue weighted by atomic mass is 10.0. The van der Waals surface area contributed by atoms with Crippen LogP contribution < -0.4 is 5.32 Å². The molecule has 0 unspecified atom stereocenters. The molecular weight excluding hydrogens is 320 g/mol. The van der Waals surface area contributed by atoms with Gasteiger partial charge in [0.1, 0.15) is 0 Å². The highest BCUT2D eigenvalue weighted by atomic mass is 32.1. The first kappa shape index (κ1) is 16.1. The normalized spacial score (nSPS) is 10.4. The number of amides is 1. The fourth-order valence-electron chi connectivity index (χ4n) is 2.46. The molecule has 0 aliphatic carbocycles. The summed E-state index contributed by atoms with van der Waals surface area (Å²) in [6.45, 7) is 3.49. The van der Waals surface area contributed by atoms with Gasteiger partial charge in [-0.15, -0.1) is 0 Å². The van der Waals surface area contributed by atoms with E-state index < -0.39 is 0 Å². The number of benzene rings is 2. The number of carbonyl (C=O) groups excluding carboxylic acids is 2. The zero-order valence-electron chi connectivity index (χ0n) is 13.4. The molecule has 0 saturated carbocycles. The zero-order valence-corrected chi connectivity index (χ0v) is 14.2. The minimum atomic E-state index is -0.327. The fourth-order valence-corrected chi connectivity index (χ4v) is 3.36. The van der Waals surface area contributed by atoms with E-state index in [9.17, 15) is 9.59 Å². The minimum Gasteiger partial charge on any atom is -0.298 e. The third-order valence-electron chi connectivity index (χ3n) is 3.69. The Morgan fingerprint density at radius 2 is 1.67 bits per heavy atom. The van der Waals surface area contributed by atoms with Crippen LogP contribution in [0, 0.1) is 6.92 Å². The van der Waals surface area contributed by atoms with Crippen LogP contribution >= 0.6 is 11.3 Å². The highest BCUT2D eigenvalue weighted by Gasteiger charge is 2.15. The first-order valence-electron chi connectivity index (χ1n) is 7.49. The fraction of sp³-hybridized carbons (Fsp3) is 0.105. The minimum absolute atomic E-state index is 0.138. The summed E-state index contributed by atoms with van der Waals surface area (Å²) in [4.78, 5) is 29.4. The summed E-state index contributed by atoms with van der Waals surface area (Å²) < 4.78 is 0. The molecule has 24 heavy (non-hydrogen) atoms. The third-order valence-corrected chi connectivity index (χ3v) is 4.63. The SMILES string of the molecule is CC(=O)c1ccccc1C(=O)Nc1ncc(-c2ccccc2C)s1. The third kappa shape index (κ3) is 3.26. The Hall–Kier alpha value is -2.79. The van der Waals surface area contributed by atoms with Gasteiger partial charge in [-0.3, -0.25) is 14.9 Å². The van der Waals surface area contributed by atoms with E-state index in [-0.39, 0.29) is 11.7 Å². The lowest BCUT2D eigenvalue weighted by Crippen LogP contribution is -2.15. The summed E-state index contributed by atoms with van der Waals surface area (Å²) >= 11 is 1.41. The predicted octanol–water partition coefficient (Wildman–Crippen LogP) is 4.57. The van der Waals surface area contributed by atoms with Gasteiger partial charge < -0.3 is 0 Å². The van der Waals surface area contributed by atoms with Crippen LogP contribution in [0.3, 0.4) is 0 Å². The van der Waals surface area contributed by atoms with Gasteiger partial charge in [0, 0.05) is 11.8 Å². The van der Waals surface area contributed by atoms with Gasteiger partial charge in [0.05, 0.1) is 10.4 Å². The molecule has 1 amide bonds. The molecule has 1 N–H and O–H groups in total. The molecule has 3 aromatic rings. The molecular formula is C19H16N2O2S. The van der Waals surface area contributed by atoms with Crippen LogP contribution in [0.1, 0.15) is 33.2 Å². The van der Waals surface area contributed by atoms with Gasteiger partial charge in [0.25, 0.3) is 5.91 Å². The van der Waals surface area contributed by atoms with Gasteiger partial charge in [-0.2, -0.15) is 0 Å². The number of Topliss-reactive ketones (excluding diaryl/α,β-unsaturated/α-hetero) is 1. The lowest BCUT2D eigenvalue weighted by molar-refractivity contribution is 0.0985. The number of hydrogen-bond acceptors (Lipinski definition) is 4. The molecule has 1 aromatic heterocycles. The van der Waals surface area contributed by atoms with Gasteiger partial charge in [-0.25, -0.2) is 4.98 Å². The molecule has 0 spiro atoms. The van der Waals surface area contributed by atoms with Crippen LogP contribution in [0.5, 0.6) is 0 Å². The van der Waals surface area contributed by atoms with Crippen LogP contribution in [-0.2, 0) is 0 Å². The second-order valence-electron chi connectivity index (χ2n) is 5.40. The number of anilines is 1. The number of rotatable bonds is 4. The molecule has 2 aromatic carbocycles. The van der Waals surface area contributed by atoms with Crippen molar-refractivity contribution in [1.82, 2.24) is 4.98 Å². The quantitative estimate of drug-likeness (QED) is 0.710. The maximum atomic E-state index is 12.5. The van der Waals surface area contributed by atoms with Gasteiger partial charge in [0.2, 0.25) is 0 Å². The van der Waals surface area contributed by atoms with Crippen LogP contribution in [0.4, 0.5) is 5.13 Å². The van der Waals surface area contributed by atoms with E-state index in [2.05, 4.69) is 10.3 Å². The van der Waals surface area contributed by atoms with Crippen molar-refractivity contribution in [3.8, 4) is 10.4 Å². The van der Waals surface area contributed by atoms with Crippen molar-refractivity contribution in [2.24, 2.45) is 0 Å². The number of carbonyl (C=O) groups is 2. The predicted molar refractivity (Wildman–Crippen MR) is 96.7 cm³/mol. The number of nitrogens with one attached hydrogen (secondary N) is 1. The molecule has 0 aliphatic heterocycles. The number of ketones is 1. The Morgan fingerprint density at radius 3 is 2.38 bits per heavy atom. The first-order chi connectivity index (χ1) is 11.6. The van der Waals surface area contributed by atoms with Crippen LogP contribution in [-0.4, -0.2) is 16.7 Å². The van der Waals surface area contributed by atoms with Crippen molar-refractivity contribution in [2.45, 2.75) is 13.8 Å². The smallest absolute Gasteiger partial charge is 0.258 e. The van der Waals surface area contributed by atoms with Gasteiger partial charge >= 0.3 is 0 Å². The summed E-state index contributed by atoms with van der Waals surface area (Å²) in [5.74, 6) is -0.466. The first-order valence-corrected chi connectivity index (χ1v) is 8.31. The molecule has 0 fully saturated rings. The van der Waals surface area contributed by atoms with Crippen molar-refractivity contribution < 1.29 is 9.59 Å². The van der Waals surface area contributed by atoms with Crippen molar-refractivity contribution in [2.75, 3.05) is 5.32 Å². The standard InChI is InChI=1S/C19H16N2O2S/c1-12-7-3-4-8-14(12)17-11-20-19(24-17)21-18(23)16-10-6-5-9-15(16)13(2)22/h3-11H,1-2H3,(H,20,21,23). The van der Waals surface area contributed by atoms with Gasteiger partial charge in [-0.05, 0) is 31.0 Å². The molecule has 0 aliphatic rings. The topological polar surface area (TPSA) is 59.1 Å². The molecule has 0 saturated heterocycles. The average Bonchev–Trinajstić information content (AvgIpc) is 3.03. The monoisotopic (exact) mass is 336 g/mol. The Labute approximate surface area is 144 Å². The molecule has 0 bridgehead atoms. The Balaban J connectivity index is 1.84. The molecule has 0 atom stereocenters. The maximum Gasteiger partial charge on any atom is 0.258 e. The van der Waals surface area contributed by atoms with Crippen LogP contribution in [0.2, 0.25) is 0 Å². The number of nitrogens with zero attached hydrogens (tertiary/aromatic N) is 1. The van der Waals surface area contributed by atoms with E-state index in [0.717, 1.165) is 16.0 Å². The summed E-state index contributed by atoms with van der Waals surface area (Å²) in [7, 11) is 0. The highest BCUT2D eigenvalue weighted by molar-refractivity contribution is 7.19. The summed E-state index contributed by atoms with van der Waals surface area (Å²) in [5.41, 5.74) is 3.02. The van der Waals surface area contributed by atoms with E-state index in [1.54, 1.807) is 30.5 Å². The van der Waals surface area contributed by atoms with Crippen LogP contribution in [0.25, 0.3) is 10.4 Å². The molecule has 3 rings (SSSR count). The van der Waals surface area contributed by atoms with Crippen LogP contribution in [0.15, 0.2) is 54.7 Å². The number of hydrogen-bond donors (Lipinski definition) is 1. The molecule has 0 radical (unpaired) electrons. The Morgan fingerprint density at radius 1 is 1.00 bits per heavy atom. The second-order valence-corrected chi connectivity index (χ2v) is 6.43.